The number of carbonyl (C=O) groups excluding carboxylic acids is 1. The van der Waals surface area contributed by atoms with E-state index in [1.807, 2.05) is 48.9 Å². The summed E-state index contributed by atoms with van der Waals surface area (Å²) >= 11 is 0. The maximum atomic E-state index is 12.3. The Morgan fingerprint density at radius 2 is 2.04 bits per heavy atom. The zero-order chi connectivity index (χ0) is 16.4. The van der Waals surface area contributed by atoms with Gasteiger partial charge in [0.2, 0.25) is 0 Å². The Morgan fingerprint density at radius 1 is 1.30 bits per heavy atom. The van der Waals surface area contributed by atoms with Gasteiger partial charge in [-0.2, -0.15) is 5.06 Å². The van der Waals surface area contributed by atoms with Crippen molar-refractivity contribution in [3.05, 3.63) is 35.9 Å². The van der Waals surface area contributed by atoms with Gasteiger partial charge < -0.3 is 9.64 Å². The molecule has 1 amide bonds. The van der Waals surface area contributed by atoms with Crippen LogP contribution in [0, 0.1) is 5.92 Å². The Morgan fingerprint density at radius 3 is 2.74 bits per heavy atom. The normalized spacial score (nSPS) is 25.3. The molecule has 0 aromatic heterocycles. The fourth-order valence-electron chi connectivity index (χ4n) is 3.21. The molecule has 0 aliphatic carbocycles. The molecular formula is C18H26N2O3. The Bertz CT molecular complexity index is 541. The largest absolute Gasteiger partial charge is 0.444 e. The first-order valence-electron chi connectivity index (χ1n) is 8.34. The zero-order valence-electron chi connectivity index (χ0n) is 14.2. The number of nitrogens with zero attached hydrogens (tertiary/aromatic N) is 2. The average Bonchev–Trinajstić information content (AvgIpc) is 2.89. The Labute approximate surface area is 138 Å². The fraction of sp³-hybridized carbons (Fsp3) is 0.611. The van der Waals surface area contributed by atoms with Crippen molar-refractivity contribution in [2.24, 2.45) is 5.92 Å². The van der Waals surface area contributed by atoms with Gasteiger partial charge in [0.05, 0.1) is 12.6 Å². The quantitative estimate of drug-likeness (QED) is 0.840. The average molecular weight is 318 g/mol. The van der Waals surface area contributed by atoms with Gasteiger partial charge >= 0.3 is 6.09 Å². The molecule has 23 heavy (non-hydrogen) atoms. The van der Waals surface area contributed by atoms with Gasteiger partial charge in [-0.25, -0.2) is 4.79 Å². The molecule has 5 heteroatoms. The summed E-state index contributed by atoms with van der Waals surface area (Å²) in [7, 11) is 0. The van der Waals surface area contributed by atoms with Gasteiger partial charge in [-0.15, -0.1) is 0 Å². The summed E-state index contributed by atoms with van der Waals surface area (Å²) in [6.07, 6.45) is 0.748. The first-order chi connectivity index (χ1) is 10.9. The Hall–Kier alpha value is -1.59. The molecule has 1 aromatic carbocycles. The summed E-state index contributed by atoms with van der Waals surface area (Å²) in [4.78, 5) is 20.0. The van der Waals surface area contributed by atoms with E-state index in [0.717, 1.165) is 26.1 Å². The second-order valence-electron chi connectivity index (χ2n) is 7.40. The molecule has 0 bridgehead atoms. The highest BCUT2D eigenvalue weighted by Crippen LogP contribution is 2.31. The molecule has 0 N–H and O–H groups in total. The highest BCUT2D eigenvalue weighted by atomic mass is 16.7. The van der Waals surface area contributed by atoms with Crippen molar-refractivity contribution in [1.29, 1.82) is 0 Å². The molecule has 0 unspecified atom stereocenters. The van der Waals surface area contributed by atoms with Crippen LogP contribution >= 0.6 is 0 Å². The number of hydrogen-bond donors (Lipinski definition) is 0. The Kier molecular flexibility index (Phi) is 4.60. The summed E-state index contributed by atoms with van der Waals surface area (Å²) in [5.74, 6) is 0.498. The maximum Gasteiger partial charge on any atom is 0.410 e. The smallest absolute Gasteiger partial charge is 0.410 e. The lowest BCUT2D eigenvalue weighted by Crippen LogP contribution is -2.51. The SMILES string of the molecule is CC(C)(C)OC(=O)N1CC[C@H]2CON(Cc3ccccc3)[C@H]2C1. The van der Waals surface area contributed by atoms with Crippen molar-refractivity contribution in [2.75, 3.05) is 19.7 Å². The van der Waals surface area contributed by atoms with Crippen molar-refractivity contribution in [3.63, 3.8) is 0 Å². The summed E-state index contributed by atoms with van der Waals surface area (Å²) < 4.78 is 5.51. The molecule has 2 fully saturated rings. The van der Waals surface area contributed by atoms with Gasteiger partial charge in [0.25, 0.3) is 0 Å². The van der Waals surface area contributed by atoms with Crippen LogP contribution in [0.1, 0.15) is 32.8 Å². The number of piperidine rings is 1. The van der Waals surface area contributed by atoms with Crippen LogP contribution in [-0.2, 0) is 16.1 Å². The van der Waals surface area contributed by atoms with E-state index in [9.17, 15) is 4.79 Å². The Balaban J connectivity index is 1.63. The second-order valence-corrected chi connectivity index (χ2v) is 7.40. The summed E-state index contributed by atoms with van der Waals surface area (Å²) in [6, 6.07) is 10.5. The predicted molar refractivity (Wildman–Crippen MR) is 87.6 cm³/mol. The fourth-order valence-corrected chi connectivity index (χ4v) is 3.21. The molecular weight excluding hydrogens is 292 g/mol. The monoisotopic (exact) mass is 318 g/mol. The molecule has 1 aromatic rings. The van der Waals surface area contributed by atoms with Crippen LogP contribution in [0.5, 0.6) is 0 Å². The number of amides is 1. The van der Waals surface area contributed by atoms with E-state index < -0.39 is 5.60 Å². The first kappa shape index (κ1) is 16.3. The van der Waals surface area contributed by atoms with E-state index in [2.05, 4.69) is 12.1 Å². The van der Waals surface area contributed by atoms with Gasteiger partial charge in [-0.05, 0) is 32.8 Å². The van der Waals surface area contributed by atoms with Crippen molar-refractivity contribution in [1.82, 2.24) is 9.96 Å². The molecule has 2 heterocycles. The molecule has 126 valence electrons. The predicted octanol–water partition coefficient (Wildman–Crippen LogP) is 3.06. The van der Waals surface area contributed by atoms with E-state index in [1.165, 1.54) is 5.56 Å². The minimum atomic E-state index is -0.455. The van der Waals surface area contributed by atoms with Crippen LogP contribution in [0.4, 0.5) is 4.79 Å². The summed E-state index contributed by atoms with van der Waals surface area (Å²) in [5.41, 5.74) is 0.770. The zero-order valence-corrected chi connectivity index (χ0v) is 14.2. The van der Waals surface area contributed by atoms with E-state index in [-0.39, 0.29) is 12.1 Å². The number of benzene rings is 1. The highest BCUT2D eigenvalue weighted by Gasteiger charge is 2.41. The summed E-state index contributed by atoms with van der Waals surface area (Å²) in [5, 5.41) is 2.04. The van der Waals surface area contributed by atoms with E-state index in [1.54, 1.807) is 0 Å². The van der Waals surface area contributed by atoms with Crippen molar-refractivity contribution in [3.8, 4) is 0 Å². The van der Waals surface area contributed by atoms with Gasteiger partial charge in [-0.1, -0.05) is 30.3 Å². The highest BCUT2D eigenvalue weighted by molar-refractivity contribution is 5.68. The standard InChI is InChI=1S/C18H26N2O3/c1-18(2,3)23-17(21)19-10-9-15-13-22-20(16(15)12-19)11-14-7-5-4-6-8-14/h4-8,15-16H,9-13H2,1-3H3/t15-,16-/m0/s1. The second kappa shape index (κ2) is 6.49. The third kappa shape index (κ3) is 4.03. The molecule has 5 nitrogen and oxygen atoms in total. The molecule has 2 atom stereocenters. The number of likely N-dealkylation sites (tertiary alicyclic amines) is 1. The lowest BCUT2D eigenvalue weighted by atomic mass is 9.93. The van der Waals surface area contributed by atoms with Crippen LogP contribution in [0.2, 0.25) is 0 Å². The van der Waals surface area contributed by atoms with E-state index in [4.69, 9.17) is 9.57 Å². The van der Waals surface area contributed by atoms with Crippen molar-refractivity contribution in [2.45, 2.75) is 45.4 Å². The maximum absolute atomic E-state index is 12.3. The third-order valence-corrected chi connectivity index (χ3v) is 4.38. The lowest BCUT2D eigenvalue weighted by Gasteiger charge is -2.37. The van der Waals surface area contributed by atoms with Crippen LogP contribution in [0.3, 0.4) is 0 Å². The number of carbonyl (C=O) groups is 1. The van der Waals surface area contributed by atoms with Crippen LogP contribution in [-0.4, -0.2) is 47.4 Å². The molecule has 0 radical (unpaired) electrons. The van der Waals surface area contributed by atoms with E-state index in [0.29, 0.717) is 12.5 Å². The number of hydroxylamine groups is 2. The molecule has 2 aliphatic rings. The minimum absolute atomic E-state index is 0.220. The third-order valence-electron chi connectivity index (χ3n) is 4.38. The van der Waals surface area contributed by atoms with Crippen LogP contribution < -0.4 is 0 Å². The van der Waals surface area contributed by atoms with Crippen molar-refractivity contribution < 1.29 is 14.4 Å². The number of ether oxygens (including phenoxy) is 1. The van der Waals surface area contributed by atoms with Gasteiger partial charge in [0, 0.05) is 25.6 Å². The topological polar surface area (TPSA) is 42.0 Å². The van der Waals surface area contributed by atoms with Gasteiger partial charge in [0.1, 0.15) is 5.60 Å². The molecule has 2 aliphatic heterocycles. The molecule has 0 saturated carbocycles. The summed E-state index contributed by atoms with van der Waals surface area (Å²) in [6.45, 7) is 8.63. The molecule has 2 saturated heterocycles. The first-order valence-corrected chi connectivity index (χ1v) is 8.34. The van der Waals surface area contributed by atoms with Gasteiger partial charge in [0.15, 0.2) is 0 Å². The number of rotatable bonds is 2. The number of fused-ring (bicyclic) bond motifs is 1. The van der Waals surface area contributed by atoms with Crippen LogP contribution in [0.25, 0.3) is 0 Å². The van der Waals surface area contributed by atoms with Crippen LogP contribution in [0.15, 0.2) is 30.3 Å². The van der Waals surface area contributed by atoms with E-state index >= 15 is 0 Å². The lowest BCUT2D eigenvalue weighted by molar-refractivity contribution is -0.143. The van der Waals surface area contributed by atoms with Crippen molar-refractivity contribution >= 4 is 6.09 Å². The number of hydrogen-bond acceptors (Lipinski definition) is 4. The minimum Gasteiger partial charge on any atom is -0.444 e. The molecule has 0 spiro atoms. The van der Waals surface area contributed by atoms with Gasteiger partial charge in [-0.3, -0.25) is 4.84 Å². The molecule has 3 rings (SSSR count).